The number of rotatable bonds is 4. The average molecular weight is 165 g/mol. The molecule has 0 radical (unpaired) electrons. The van der Waals surface area contributed by atoms with Gasteiger partial charge >= 0.3 is 0 Å². The number of allylic oxidation sites excluding steroid dienone is 3. The lowest BCUT2D eigenvalue weighted by Gasteiger charge is -1.94. The third-order valence-electron chi connectivity index (χ3n) is 1.55. The van der Waals surface area contributed by atoms with Crippen molar-refractivity contribution in [1.29, 1.82) is 0 Å². The minimum atomic E-state index is -0.405. The van der Waals surface area contributed by atoms with E-state index in [-0.39, 0.29) is 0 Å². The summed E-state index contributed by atoms with van der Waals surface area (Å²) in [6.07, 6.45) is 6.06. The molecule has 0 rings (SSSR count). The van der Waals surface area contributed by atoms with Crippen LogP contribution in [0.3, 0.4) is 0 Å². The molecule has 0 fully saturated rings. The first-order valence-electron chi connectivity index (χ1n) is 3.93. The van der Waals surface area contributed by atoms with Crippen molar-refractivity contribution in [3.63, 3.8) is 0 Å². The van der Waals surface area contributed by atoms with Gasteiger partial charge in [0.05, 0.1) is 0 Å². The molecule has 0 aliphatic rings. The van der Waals surface area contributed by atoms with Gasteiger partial charge in [-0.15, -0.1) is 0 Å². The SMILES string of the molecule is C=C(/C=C\C(=C/C)C(N)=O)CC. The highest BCUT2D eigenvalue weighted by Crippen LogP contribution is 2.02. The van der Waals surface area contributed by atoms with Gasteiger partial charge in [-0.05, 0) is 19.4 Å². The normalized spacial score (nSPS) is 12.0. The summed E-state index contributed by atoms with van der Waals surface area (Å²) in [5, 5.41) is 0. The van der Waals surface area contributed by atoms with Crippen LogP contribution in [0.2, 0.25) is 0 Å². The van der Waals surface area contributed by atoms with Crippen LogP contribution in [-0.4, -0.2) is 5.91 Å². The van der Waals surface area contributed by atoms with Crippen molar-refractivity contribution in [2.24, 2.45) is 5.73 Å². The molecule has 66 valence electrons. The maximum atomic E-state index is 10.7. The van der Waals surface area contributed by atoms with Gasteiger partial charge in [-0.3, -0.25) is 4.79 Å². The molecule has 1 amide bonds. The van der Waals surface area contributed by atoms with Crippen LogP contribution in [0, 0.1) is 0 Å². The lowest BCUT2D eigenvalue weighted by molar-refractivity contribution is -0.114. The Hall–Kier alpha value is -1.31. The van der Waals surface area contributed by atoms with Crippen molar-refractivity contribution in [1.82, 2.24) is 0 Å². The molecule has 0 heterocycles. The molecule has 12 heavy (non-hydrogen) atoms. The monoisotopic (exact) mass is 165 g/mol. The largest absolute Gasteiger partial charge is 0.366 e. The van der Waals surface area contributed by atoms with Gasteiger partial charge in [-0.1, -0.05) is 31.2 Å². The first-order valence-corrected chi connectivity index (χ1v) is 3.93. The smallest absolute Gasteiger partial charge is 0.248 e. The Kier molecular flexibility index (Phi) is 4.77. The highest BCUT2D eigenvalue weighted by molar-refractivity contribution is 5.94. The van der Waals surface area contributed by atoms with Gasteiger partial charge in [-0.2, -0.15) is 0 Å². The Morgan fingerprint density at radius 2 is 2.08 bits per heavy atom. The number of nitrogens with two attached hydrogens (primary N) is 1. The van der Waals surface area contributed by atoms with E-state index in [1.807, 2.05) is 6.92 Å². The van der Waals surface area contributed by atoms with Gasteiger partial charge in [0.15, 0.2) is 0 Å². The topological polar surface area (TPSA) is 43.1 Å². The lowest BCUT2D eigenvalue weighted by atomic mass is 10.1. The standard InChI is InChI=1S/C10H15NO/c1-4-8(3)6-7-9(5-2)10(11)12/h5-7H,3-4H2,1-2H3,(H2,11,12)/b7-6-,9-5+. The van der Waals surface area contributed by atoms with Gasteiger partial charge in [-0.25, -0.2) is 0 Å². The fraction of sp³-hybridized carbons (Fsp3) is 0.300. The van der Waals surface area contributed by atoms with Crippen LogP contribution in [0.5, 0.6) is 0 Å². The van der Waals surface area contributed by atoms with E-state index in [1.54, 1.807) is 25.2 Å². The summed E-state index contributed by atoms with van der Waals surface area (Å²) in [5.74, 6) is -0.405. The van der Waals surface area contributed by atoms with Crippen LogP contribution >= 0.6 is 0 Å². The fourth-order valence-corrected chi connectivity index (χ4v) is 0.646. The van der Waals surface area contributed by atoms with Crippen molar-refractivity contribution in [2.75, 3.05) is 0 Å². The molecule has 0 saturated heterocycles. The molecule has 0 aliphatic carbocycles. The Morgan fingerprint density at radius 1 is 1.50 bits per heavy atom. The van der Waals surface area contributed by atoms with Gasteiger partial charge in [0.25, 0.3) is 0 Å². The minimum absolute atomic E-state index is 0.405. The second kappa shape index (κ2) is 5.35. The second-order valence-corrected chi connectivity index (χ2v) is 2.45. The van der Waals surface area contributed by atoms with Crippen LogP contribution in [0.15, 0.2) is 36.0 Å². The number of carbonyl (C=O) groups excluding carboxylic acids is 1. The van der Waals surface area contributed by atoms with Gasteiger partial charge in [0.2, 0.25) is 5.91 Å². The summed E-state index contributed by atoms with van der Waals surface area (Å²) in [7, 11) is 0. The predicted octanol–water partition coefficient (Wildman–Crippen LogP) is 1.94. The molecular weight excluding hydrogens is 150 g/mol. The number of hydrogen-bond acceptors (Lipinski definition) is 1. The van der Waals surface area contributed by atoms with E-state index in [0.717, 1.165) is 12.0 Å². The van der Waals surface area contributed by atoms with E-state index in [9.17, 15) is 4.79 Å². The lowest BCUT2D eigenvalue weighted by Crippen LogP contribution is -2.12. The molecule has 2 nitrogen and oxygen atoms in total. The number of amides is 1. The average Bonchev–Trinajstić information content (AvgIpc) is 2.04. The summed E-state index contributed by atoms with van der Waals surface area (Å²) in [5.41, 5.74) is 6.59. The maximum Gasteiger partial charge on any atom is 0.248 e. The van der Waals surface area contributed by atoms with Gasteiger partial charge < -0.3 is 5.73 Å². The zero-order chi connectivity index (χ0) is 9.56. The first kappa shape index (κ1) is 10.7. The first-order chi connectivity index (χ1) is 5.61. The molecule has 2 N–H and O–H groups in total. The molecule has 0 unspecified atom stereocenters. The minimum Gasteiger partial charge on any atom is -0.366 e. The van der Waals surface area contributed by atoms with Crippen molar-refractivity contribution in [2.45, 2.75) is 20.3 Å². The molecular formula is C10H15NO. The zero-order valence-electron chi connectivity index (χ0n) is 7.63. The van der Waals surface area contributed by atoms with E-state index < -0.39 is 5.91 Å². The fourth-order valence-electron chi connectivity index (χ4n) is 0.646. The second-order valence-electron chi connectivity index (χ2n) is 2.45. The van der Waals surface area contributed by atoms with E-state index in [1.165, 1.54) is 0 Å². The molecule has 0 bridgehead atoms. The van der Waals surface area contributed by atoms with Crippen molar-refractivity contribution >= 4 is 5.91 Å². The summed E-state index contributed by atoms with van der Waals surface area (Å²) in [4.78, 5) is 10.7. The van der Waals surface area contributed by atoms with Gasteiger partial charge in [0.1, 0.15) is 0 Å². The molecule has 0 aromatic rings. The summed E-state index contributed by atoms with van der Waals surface area (Å²) in [6, 6.07) is 0. The van der Waals surface area contributed by atoms with E-state index in [2.05, 4.69) is 6.58 Å². The van der Waals surface area contributed by atoms with Crippen LogP contribution in [0.1, 0.15) is 20.3 Å². The Labute approximate surface area is 73.5 Å². The van der Waals surface area contributed by atoms with Crippen molar-refractivity contribution in [3.8, 4) is 0 Å². The van der Waals surface area contributed by atoms with Crippen LogP contribution in [0.4, 0.5) is 0 Å². The van der Waals surface area contributed by atoms with E-state index in [0.29, 0.717) is 5.57 Å². The zero-order valence-corrected chi connectivity index (χ0v) is 7.63. The number of primary amides is 1. The third kappa shape index (κ3) is 3.76. The number of carbonyl (C=O) groups is 1. The summed E-state index contributed by atoms with van der Waals surface area (Å²) >= 11 is 0. The van der Waals surface area contributed by atoms with Gasteiger partial charge in [0, 0.05) is 5.57 Å². The van der Waals surface area contributed by atoms with Crippen molar-refractivity contribution < 1.29 is 4.79 Å². The van der Waals surface area contributed by atoms with Crippen molar-refractivity contribution in [3.05, 3.63) is 36.0 Å². The Bertz CT molecular complexity index is 236. The van der Waals surface area contributed by atoms with E-state index in [4.69, 9.17) is 5.73 Å². The molecule has 0 aliphatic heterocycles. The Morgan fingerprint density at radius 3 is 2.42 bits per heavy atom. The van der Waals surface area contributed by atoms with Crippen LogP contribution in [-0.2, 0) is 4.79 Å². The molecule has 2 heteroatoms. The highest BCUT2D eigenvalue weighted by atomic mass is 16.1. The summed E-state index contributed by atoms with van der Waals surface area (Å²) < 4.78 is 0. The number of hydrogen-bond donors (Lipinski definition) is 1. The Balaban J connectivity index is 4.32. The third-order valence-corrected chi connectivity index (χ3v) is 1.55. The molecule has 0 saturated carbocycles. The molecule has 0 spiro atoms. The van der Waals surface area contributed by atoms with E-state index >= 15 is 0 Å². The highest BCUT2D eigenvalue weighted by Gasteiger charge is 1.96. The molecule has 0 atom stereocenters. The molecule has 0 aromatic carbocycles. The van der Waals surface area contributed by atoms with Crippen LogP contribution < -0.4 is 5.73 Å². The molecule has 0 aromatic heterocycles. The quantitative estimate of drug-likeness (QED) is 0.502. The predicted molar refractivity (Wildman–Crippen MR) is 51.5 cm³/mol. The maximum absolute atomic E-state index is 10.7. The summed E-state index contributed by atoms with van der Waals surface area (Å²) in [6.45, 7) is 7.56. The van der Waals surface area contributed by atoms with Crippen LogP contribution in [0.25, 0.3) is 0 Å².